The zero-order chi connectivity index (χ0) is 12.5. The van der Waals surface area contributed by atoms with Crippen LogP contribution in [0, 0.1) is 5.82 Å². The number of rotatable bonds is 3. The van der Waals surface area contributed by atoms with Crippen LogP contribution in [0.4, 0.5) is 4.39 Å². The Morgan fingerprint density at radius 1 is 1.50 bits per heavy atom. The number of aromatic hydroxyl groups is 1. The minimum atomic E-state index is -1.88. The van der Waals surface area contributed by atoms with Gasteiger partial charge in [0.25, 0.3) is 5.78 Å². The molecule has 1 aromatic carbocycles. The summed E-state index contributed by atoms with van der Waals surface area (Å²) in [5.41, 5.74) is -0.925. The maximum absolute atomic E-state index is 13.3. The van der Waals surface area contributed by atoms with Gasteiger partial charge < -0.3 is 14.9 Å². The van der Waals surface area contributed by atoms with Crippen molar-refractivity contribution in [3.05, 3.63) is 22.5 Å². The third-order valence-electron chi connectivity index (χ3n) is 1.79. The zero-order valence-corrected chi connectivity index (χ0v) is 8.71. The predicted octanol–water partition coefficient (Wildman–Crippen LogP) is 1.46. The minimum absolute atomic E-state index is 0.190. The van der Waals surface area contributed by atoms with Gasteiger partial charge in [0.2, 0.25) is 0 Å². The second-order valence-electron chi connectivity index (χ2n) is 2.74. The number of phenolic OH excluding ortho intramolecular Hbond substituents is 1. The average Bonchev–Trinajstić information content (AvgIpc) is 2.23. The molecule has 2 N–H and O–H groups in total. The Kier molecular flexibility index (Phi) is 3.34. The molecule has 0 amide bonds. The normalized spacial score (nSPS) is 9.94. The highest BCUT2D eigenvalue weighted by Gasteiger charge is 2.27. The number of halogens is 2. The van der Waals surface area contributed by atoms with Crippen LogP contribution in [0.2, 0.25) is 5.02 Å². The van der Waals surface area contributed by atoms with Crippen LogP contribution in [0.1, 0.15) is 10.4 Å². The number of ether oxygens (including phenoxy) is 1. The van der Waals surface area contributed by atoms with Gasteiger partial charge in [0, 0.05) is 6.07 Å². The molecule has 0 fully saturated rings. The number of carboxylic acids is 1. The van der Waals surface area contributed by atoms with Crippen LogP contribution < -0.4 is 4.74 Å². The fourth-order valence-corrected chi connectivity index (χ4v) is 1.35. The van der Waals surface area contributed by atoms with E-state index in [4.69, 9.17) is 21.8 Å². The Labute approximate surface area is 94.0 Å². The Hall–Kier alpha value is -1.82. The maximum atomic E-state index is 13.3. The number of hydrogen-bond acceptors (Lipinski definition) is 4. The van der Waals surface area contributed by atoms with Crippen molar-refractivity contribution in [2.45, 2.75) is 0 Å². The van der Waals surface area contributed by atoms with Crippen molar-refractivity contribution in [3.63, 3.8) is 0 Å². The first-order valence-electron chi connectivity index (χ1n) is 3.92. The van der Waals surface area contributed by atoms with E-state index in [1.807, 2.05) is 0 Å². The van der Waals surface area contributed by atoms with Gasteiger partial charge in [-0.1, -0.05) is 11.6 Å². The van der Waals surface area contributed by atoms with Gasteiger partial charge >= 0.3 is 5.97 Å². The van der Waals surface area contributed by atoms with E-state index >= 15 is 0 Å². The standard InChI is InChI=1S/C9H6ClFO5/c1-16-4-2-3(12)7(11)5(6(4)10)8(13)9(14)15/h2,12H,1H3,(H,14,15). The fraction of sp³-hybridized carbons (Fsp3) is 0.111. The molecule has 0 radical (unpaired) electrons. The topological polar surface area (TPSA) is 83.8 Å². The molecule has 0 saturated carbocycles. The first kappa shape index (κ1) is 12.3. The van der Waals surface area contributed by atoms with Crippen LogP contribution in [-0.2, 0) is 4.79 Å². The molecular formula is C9H6ClFO5. The summed E-state index contributed by atoms with van der Waals surface area (Å²) in [6.07, 6.45) is 0. The highest BCUT2D eigenvalue weighted by atomic mass is 35.5. The lowest BCUT2D eigenvalue weighted by Gasteiger charge is -2.08. The van der Waals surface area contributed by atoms with Crippen LogP contribution in [0.25, 0.3) is 0 Å². The molecule has 0 unspecified atom stereocenters. The molecule has 0 heterocycles. The number of carbonyl (C=O) groups excluding carboxylic acids is 1. The first-order chi connectivity index (χ1) is 7.40. The number of Topliss-reactive ketones (excluding diaryl/α,β-unsaturated/α-hetero) is 1. The number of ketones is 1. The molecule has 1 aromatic rings. The molecule has 0 aliphatic carbocycles. The quantitative estimate of drug-likeness (QED) is 0.625. The van der Waals surface area contributed by atoms with E-state index in [1.165, 1.54) is 7.11 Å². The van der Waals surface area contributed by atoms with Gasteiger partial charge in [0.15, 0.2) is 11.6 Å². The number of hydrogen-bond donors (Lipinski definition) is 2. The van der Waals surface area contributed by atoms with E-state index < -0.39 is 33.9 Å². The van der Waals surface area contributed by atoms with Gasteiger partial charge in [-0.3, -0.25) is 4.79 Å². The first-order valence-corrected chi connectivity index (χ1v) is 4.30. The van der Waals surface area contributed by atoms with Gasteiger partial charge in [-0.05, 0) is 0 Å². The Morgan fingerprint density at radius 2 is 2.06 bits per heavy atom. The van der Waals surface area contributed by atoms with E-state index in [-0.39, 0.29) is 5.75 Å². The summed E-state index contributed by atoms with van der Waals surface area (Å²) in [6.45, 7) is 0. The summed E-state index contributed by atoms with van der Waals surface area (Å²) in [4.78, 5) is 21.5. The zero-order valence-electron chi connectivity index (χ0n) is 7.95. The van der Waals surface area contributed by atoms with Crippen LogP contribution in [-0.4, -0.2) is 29.1 Å². The van der Waals surface area contributed by atoms with Crippen molar-refractivity contribution in [2.75, 3.05) is 7.11 Å². The molecule has 0 saturated heterocycles. The Bertz CT molecular complexity index is 471. The molecule has 0 aromatic heterocycles. The molecule has 0 aliphatic heterocycles. The molecule has 0 bridgehead atoms. The largest absolute Gasteiger partial charge is 0.505 e. The summed E-state index contributed by atoms with van der Waals surface area (Å²) in [6, 6.07) is 0.844. The highest BCUT2D eigenvalue weighted by molar-refractivity contribution is 6.45. The second-order valence-corrected chi connectivity index (χ2v) is 3.11. The third-order valence-corrected chi connectivity index (χ3v) is 2.16. The molecule has 16 heavy (non-hydrogen) atoms. The molecule has 0 spiro atoms. The van der Waals surface area contributed by atoms with Gasteiger partial charge in [0.05, 0.1) is 17.7 Å². The molecule has 1 rings (SSSR count). The SMILES string of the molecule is COc1cc(O)c(F)c(C(=O)C(=O)O)c1Cl. The Balaban J connectivity index is 3.53. The maximum Gasteiger partial charge on any atom is 0.377 e. The summed E-state index contributed by atoms with van der Waals surface area (Å²) >= 11 is 5.56. The summed E-state index contributed by atoms with van der Waals surface area (Å²) in [7, 11) is 1.17. The van der Waals surface area contributed by atoms with E-state index in [9.17, 15) is 14.0 Å². The predicted molar refractivity (Wildman–Crippen MR) is 51.6 cm³/mol. The number of methoxy groups -OCH3 is 1. The van der Waals surface area contributed by atoms with Crippen LogP contribution in [0.15, 0.2) is 6.07 Å². The highest BCUT2D eigenvalue weighted by Crippen LogP contribution is 2.35. The van der Waals surface area contributed by atoms with E-state index in [0.717, 1.165) is 6.07 Å². The van der Waals surface area contributed by atoms with Crippen molar-refractivity contribution in [2.24, 2.45) is 0 Å². The van der Waals surface area contributed by atoms with Crippen molar-refractivity contribution in [1.82, 2.24) is 0 Å². The summed E-state index contributed by atoms with van der Waals surface area (Å²) in [5.74, 6) is -5.93. The van der Waals surface area contributed by atoms with Crippen LogP contribution in [0.3, 0.4) is 0 Å². The van der Waals surface area contributed by atoms with E-state index in [0.29, 0.717) is 0 Å². The molecule has 0 atom stereocenters. The number of benzene rings is 1. The van der Waals surface area contributed by atoms with Crippen molar-refractivity contribution < 1.29 is 28.9 Å². The summed E-state index contributed by atoms with van der Waals surface area (Å²) in [5, 5.41) is 17.1. The van der Waals surface area contributed by atoms with E-state index in [2.05, 4.69) is 4.74 Å². The smallest absolute Gasteiger partial charge is 0.377 e. The molecule has 86 valence electrons. The minimum Gasteiger partial charge on any atom is -0.505 e. The fourth-order valence-electron chi connectivity index (χ4n) is 1.05. The number of carboxylic acid groups (broad SMARTS) is 1. The number of carbonyl (C=O) groups is 2. The van der Waals surface area contributed by atoms with Crippen molar-refractivity contribution in [3.8, 4) is 11.5 Å². The molecular weight excluding hydrogens is 243 g/mol. The van der Waals surface area contributed by atoms with Crippen molar-refractivity contribution >= 4 is 23.4 Å². The number of aliphatic carboxylic acids is 1. The van der Waals surface area contributed by atoms with Gasteiger partial charge in [-0.2, -0.15) is 0 Å². The molecule has 7 heteroatoms. The van der Waals surface area contributed by atoms with E-state index in [1.54, 1.807) is 0 Å². The lowest BCUT2D eigenvalue weighted by molar-refractivity contribution is -0.131. The summed E-state index contributed by atoms with van der Waals surface area (Å²) < 4.78 is 18.0. The lowest BCUT2D eigenvalue weighted by Crippen LogP contribution is -2.15. The Morgan fingerprint density at radius 3 is 2.50 bits per heavy atom. The second kappa shape index (κ2) is 4.36. The van der Waals surface area contributed by atoms with Crippen molar-refractivity contribution in [1.29, 1.82) is 0 Å². The van der Waals surface area contributed by atoms with Gasteiger partial charge in [0.1, 0.15) is 5.75 Å². The lowest BCUT2D eigenvalue weighted by atomic mass is 10.1. The molecule has 5 nitrogen and oxygen atoms in total. The van der Waals surface area contributed by atoms with Gasteiger partial charge in [-0.15, -0.1) is 0 Å². The third kappa shape index (κ3) is 1.92. The monoisotopic (exact) mass is 248 g/mol. The molecule has 0 aliphatic rings. The van der Waals surface area contributed by atoms with Crippen LogP contribution in [0.5, 0.6) is 11.5 Å². The number of phenols is 1. The van der Waals surface area contributed by atoms with Crippen LogP contribution >= 0.6 is 11.6 Å². The average molecular weight is 249 g/mol. The van der Waals surface area contributed by atoms with Gasteiger partial charge in [-0.25, -0.2) is 9.18 Å².